The van der Waals surface area contributed by atoms with Gasteiger partial charge in [-0.2, -0.15) is 4.98 Å². The van der Waals surface area contributed by atoms with Crippen molar-refractivity contribution in [2.24, 2.45) is 0 Å². The molecule has 1 aliphatic rings. The lowest BCUT2D eigenvalue weighted by Gasteiger charge is -2.24. The fourth-order valence-electron chi connectivity index (χ4n) is 3.14. The number of nitrogens with one attached hydrogen (secondary N) is 2. The molecule has 2 aromatic rings. The molecule has 1 amide bonds. The summed E-state index contributed by atoms with van der Waals surface area (Å²) in [6.07, 6.45) is 8.15. The van der Waals surface area contributed by atoms with E-state index in [4.69, 9.17) is 11.6 Å². The van der Waals surface area contributed by atoms with Crippen LogP contribution in [0, 0.1) is 0 Å². The Morgan fingerprint density at radius 3 is 2.68 bits per heavy atom. The van der Waals surface area contributed by atoms with Crippen LogP contribution in [0.3, 0.4) is 0 Å². The summed E-state index contributed by atoms with van der Waals surface area (Å²) in [6, 6.07) is 10.4. The van der Waals surface area contributed by atoms with Crippen molar-refractivity contribution in [1.82, 2.24) is 15.3 Å². The first-order valence-corrected chi connectivity index (χ1v) is 9.21. The second kappa shape index (κ2) is 8.81. The van der Waals surface area contributed by atoms with Gasteiger partial charge in [-0.15, -0.1) is 0 Å². The first-order chi connectivity index (χ1) is 12.2. The van der Waals surface area contributed by atoms with Gasteiger partial charge >= 0.3 is 0 Å². The van der Waals surface area contributed by atoms with E-state index in [0.717, 1.165) is 19.3 Å². The number of hydrogen-bond donors (Lipinski definition) is 2. The summed E-state index contributed by atoms with van der Waals surface area (Å²) < 4.78 is 0. The molecule has 0 saturated heterocycles. The van der Waals surface area contributed by atoms with Crippen LogP contribution in [0.25, 0.3) is 0 Å². The Morgan fingerprint density at radius 2 is 1.92 bits per heavy atom. The third-order valence-electron chi connectivity index (χ3n) is 4.49. The van der Waals surface area contributed by atoms with Crippen LogP contribution >= 0.6 is 11.6 Å². The molecule has 2 N–H and O–H groups in total. The summed E-state index contributed by atoms with van der Waals surface area (Å²) in [5, 5.41) is 6.48. The van der Waals surface area contributed by atoms with Crippen molar-refractivity contribution in [3.8, 4) is 0 Å². The van der Waals surface area contributed by atoms with Gasteiger partial charge in [0, 0.05) is 18.8 Å². The van der Waals surface area contributed by atoms with Crippen LogP contribution in [0.1, 0.15) is 48.0 Å². The number of nitrogens with zero attached hydrogens (tertiary/aromatic N) is 2. The van der Waals surface area contributed by atoms with Gasteiger partial charge in [0.15, 0.2) is 0 Å². The highest BCUT2D eigenvalue weighted by Gasteiger charge is 2.19. The van der Waals surface area contributed by atoms with Crippen molar-refractivity contribution < 1.29 is 4.79 Å². The minimum atomic E-state index is -0.175. The Hall–Kier alpha value is -2.14. The molecular weight excluding hydrogens is 336 g/mol. The van der Waals surface area contributed by atoms with E-state index >= 15 is 0 Å². The Bertz CT molecular complexity index is 702. The van der Waals surface area contributed by atoms with Gasteiger partial charge in [-0.25, -0.2) is 4.98 Å². The van der Waals surface area contributed by atoms with Crippen molar-refractivity contribution in [3.05, 3.63) is 52.9 Å². The van der Waals surface area contributed by atoms with Crippen LogP contribution in [-0.2, 0) is 6.42 Å². The minimum Gasteiger partial charge on any atom is -0.367 e. The summed E-state index contributed by atoms with van der Waals surface area (Å²) in [5.74, 6) is 0.356. The third-order valence-corrected chi connectivity index (χ3v) is 4.67. The van der Waals surface area contributed by atoms with E-state index in [2.05, 4.69) is 20.6 Å². The maximum atomic E-state index is 12.5. The SMILES string of the molecule is O=C(NCCc1ccccc1)c1cnc(Cl)nc1NC1CCCCC1. The van der Waals surface area contributed by atoms with Gasteiger partial charge < -0.3 is 10.6 Å². The lowest BCUT2D eigenvalue weighted by Crippen LogP contribution is -2.29. The maximum absolute atomic E-state index is 12.5. The zero-order valence-corrected chi connectivity index (χ0v) is 14.9. The predicted octanol–water partition coefficient (Wildman–Crippen LogP) is 3.85. The highest BCUT2D eigenvalue weighted by Crippen LogP contribution is 2.23. The first kappa shape index (κ1) is 17.7. The largest absolute Gasteiger partial charge is 0.367 e. The van der Waals surface area contributed by atoms with E-state index in [1.807, 2.05) is 30.3 Å². The molecule has 3 rings (SSSR count). The number of hydrogen-bond acceptors (Lipinski definition) is 4. The zero-order chi connectivity index (χ0) is 17.5. The number of anilines is 1. The molecule has 0 radical (unpaired) electrons. The zero-order valence-electron chi connectivity index (χ0n) is 14.2. The molecule has 0 unspecified atom stereocenters. The van der Waals surface area contributed by atoms with Crippen molar-refractivity contribution in [2.45, 2.75) is 44.6 Å². The van der Waals surface area contributed by atoms with Crippen LogP contribution in [0.5, 0.6) is 0 Å². The Morgan fingerprint density at radius 1 is 1.16 bits per heavy atom. The fraction of sp³-hybridized carbons (Fsp3) is 0.421. The molecule has 0 spiro atoms. The monoisotopic (exact) mass is 358 g/mol. The van der Waals surface area contributed by atoms with Crippen molar-refractivity contribution in [3.63, 3.8) is 0 Å². The van der Waals surface area contributed by atoms with E-state index in [1.54, 1.807) is 0 Å². The Labute approximate surface area is 153 Å². The smallest absolute Gasteiger partial charge is 0.256 e. The van der Waals surface area contributed by atoms with Crippen LogP contribution in [0.2, 0.25) is 5.28 Å². The van der Waals surface area contributed by atoms with Gasteiger partial charge in [0.25, 0.3) is 5.91 Å². The van der Waals surface area contributed by atoms with Crippen LogP contribution < -0.4 is 10.6 Å². The van der Waals surface area contributed by atoms with Crippen LogP contribution in [0.15, 0.2) is 36.5 Å². The van der Waals surface area contributed by atoms with Crippen molar-refractivity contribution in [1.29, 1.82) is 0 Å². The standard InChI is InChI=1S/C19H23ClN4O/c20-19-22-13-16(17(24-19)23-15-9-5-2-6-10-15)18(25)21-12-11-14-7-3-1-4-8-14/h1,3-4,7-8,13,15H,2,5-6,9-12H2,(H,21,25)(H,22,23,24). The number of amides is 1. The fourth-order valence-corrected chi connectivity index (χ4v) is 3.27. The summed E-state index contributed by atoms with van der Waals surface area (Å²) in [7, 11) is 0. The quantitative estimate of drug-likeness (QED) is 0.770. The molecule has 0 aliphatic heterocycles. The van der Waals surface area contributed by atoms with Crippen molar-refractivity contribution >= 4 is 23.3 Å². The van der Waals surface area contributed by atoms with E-state index in [-0.39, 0.29) is 11.2 Å². The lowest BCUT2D eigenvalue weighted by molar-refractivity contribution is 0.0954. The summed E-state index contributed by atoms with van der Waals surface area (Å²) in [5.41, 5.74) is 1.64. The molecule has 1 aromatic heterocycles. The van der Waals surface area contributed by atoms with E-state index in [0.29, 0.717) is 24.0 Å². The second-order valence-corrected chi connectivity index (χ2v) is 6.71. The summed E-state index contributed by atoms with van der Waals surface area (Å²) in [4.78, 5) is 20.7. The van der Waals surface area contributed by atoms with Gasteiger partial charge in [0.2, 0.25) is 5.28 Å². The molecule has 1 fully saturated rings. The molecule has 132 valence electrons. The predicted molar refractivity (Wildman–Crippen MR) is 100 cm³/mol. The van der Waals surface area contributed by atoms with Gasteiger partial charge in [-0.05, 0) is 36.4 Å². The highest BCUT2D eigenvalue weighted by atomic mass is 35.5. The first-order valence-electron chi connectivity index (χ1n) is 8.83. The summed E-state index contributed by atoms with van der Waals surface area (Å²) >= 11 is 5.93. The van der Waals surface area contributed by atoms with Crippen LogP contribution in [0.4, 0.5) is 5.82 Å². The lowest BCUT2D eigenvalue weighted by atomic mass is 9.95. The molecule has 1 heterocycles. The number of rotatable bonds is 6. The number of carbonyl (C=O) groups is 1. The molecule has 1 aliphatic carbocycles. The number of halogens is 1. The van der Waals surface area contributed by atoms with Crippen molar-refractivity contribution in [2.75, 3.05) is 11.9 Å². The molecular formula is C19H23ClN4O. The topological polar surface area (TPSA) is 66.9 Å². The molecule has 1 saturated carbocycles. The molecule has 25 heavy (non-hydrogen) atoms. The van der Waals surface area contributed by atoms with Gasteiger partial charge in [-0.1, -0.05) is 49.6 Å². The maximum Gasteiger partial charge on any atom is 0.256 e. The van der Waals surface area contributed by atoms with E-state index in [9.17, 15) is 4.79 Å². The van der Waals surface area contributed by atoms with E-state index < -0.39 is 0 Å². The molecule has 1 aromatic carbocycles. The summed E-state index contributed by atoms with van der Waals surface area (Å²) in [6.45, 7) is 0.564. The third kappa shape index (κ3) is 5.16. The Kier molecular flexibility index (Phi) is 6.23. The highest BCUT2D eigenvalue weighted by molar-refractivity contribution is 6.28. The molecule has 0 atom stereocenters. The van der Waals surface area contributed by atoms with Gasteiger partial charge in [0.05, 0.1) is 0 Å². The second-order valence-electron chi connectivity index (χ2n) is 6.37. The average molecular weight is 359 g/mol. The van der Waals surface area contributed by atoms with Gasteiger partial charge in [0.1, 0.15) is 11.4 Å². The number of carbonyl (C=O) groups excluding carboxylic acids is 1. The number of benzene rings is 1. The average Bonchev–Trinajstić information content (AvgIpc) is 2.63. The normalized spacial score (nSPS) is 14.9. The van der Waals surface area contributed by atoms with Crippen LogP contribution in [-0.4, -0.2) is 28.5 Å². The minimum absolute atomic E-state index is 0.152. The Balaban J connectivity index is 1.62. The molecule has 5 nitrogen and oxygen atoms in total. The van der Waals surface area contributed by atoms with E-state index in [1.165, 1.54) is 31.0 Å². The van der Waals surface area contributed by atoms with Gasteiger partial charge in [-0.3, -0.25) is 4.79 Å². The molecule has 6 heteroatoms. The number of aromatic nitrogens is 2. The molecule has 0 bridgehead atoms.